The summed E-state index contributed by atoms with van der Waals surface area (Å²) in [5, 5.41) is 3.76. The number of hydrogen-bond donors (Lipinski definition) is 1. The molecule has 1 N–H and O–H groups in total. The molecule has 0 bridgehead atoms. The van der Waals surface area contributed by atoms with Crippen molar-refractivity contribution < 1.29 is 13.9 Å². The van der Waals surface area contributed by atoms with Crippen molar-refractivity contribution >= 4 is 34.9 Å². The van der Waals surface area contributed by atoms with Gasteiger partial charge in [-0.1, -0.05) is 23.7 Å². The molecule has 9 nitrogen and oxygen atoms in total. The molecule has 0 spiro atoms. The third-order valence-electron chi connectivity index (χ3n) is 8.32. The van der Waals surface area contributed by atoms with Crippen LogP contribution in [-0.2, 0) is 6.54 Å². The fourth-order valence-electron chi connectivity index (χ4n) is 5.90. The lowest BCUT2D eigenvalue weighted by atomic mass is 9.94. The lowest BCUT2D eigenvalue weighted by Gasteiger charge is -2.35. The third-order valence-corrected chi connectivity index (χ3v) is 8.56. The molecule has 0 unspecified atom stereocenters. The molecule has 11 heteroatoms. The molecule has 46 heavy (non-hydrogen) atoms. The van der Waals surface area contributed by atoms with E-state index in [4.69, 9.17) is 26.3 Å². The SMILES string of the molecule is COc1cccc(F)c1C1=NCc2cnc(Nc3ccc(C(=O)N4CCN(CCCN(C)C)CC4)cc3)nc2-c2ccc(Cl)cc21. The van der Waals surface area contributed by atoms with Crippen LogP contribution >= 0.6 is 11.6 Å². The minimum atomic E-state index is -0.441. The fraction of sp³-hybridized carbons (Fsp3) is 0.314. The summed E-state index contributed by atoms with van der Waals surface area (Å²) in [6.45, 7) is 5.61. The Morgan fingerprint density at radius 1 is 1.04 bits per heavy atom. The van der Waals surface area contributed by atoms with Gasteiger partial charge >= 0.3 is 0 Å². The Labute approximate surface area is 273 Å². The van der Waals surface area contributed by atoms with Gasteiger partial charge in [0.1, 0.15) is 11.6 Å². The lowest BCUT2D eigenvalue weighted by molar-refractivity contribution is 0.0634. The quantitative estimate of drug-likeness (QED) is 0.249. The summed E-state index contributed by atoms with van der Waals surface area (Å²) in [5.41, 5.74) is 4.97. The number of benzene rings is 3. The van der Waals surface area contributed by atoms with Crippen molar-refractivity contribution in [2.45, 2.75) is 13.0 Å². The molecule has 2 aliphatic rings. The van der Waals surface area contributed by atoms with Crippen LogP contribution in [0, 0.1) is 5.82 Å². The number of halogens is 2. The highest BCUT2D eigenvalue weighted by molar-refractivity contribution is 6.31. The molecular formula is C35H37ClFN7O2. The summed E-state index contributed by atoms with van der Waals surface area (Å²) in [6.07, 6.45) is 2.86. The van der Waals surface area contributed by atoms with E-state index < -0.39 is 5.82 Å². The number of anilines is 2. The number of carbonyl (C=O) groups is 1. The summed E-state index contributed by atoms with van der Waals surface area (Å²) in [4.78, 5) is 33.9. The molecule has 1 amide bonds. The van der Waals surface area contributed by atoms with Gasteiger partial charge in [-0.05, 0) is 82.1 Å². The highest BCUT2D eigenvalue weighted by atomic mass is 35.5. The normalized spacial score (nSPS) is 14.7. The predicted molar refractivity (Wildman–Crippen MR) is 180 cm³/mol. The summed E-state index contributed by atoms with van der Waals surface area (Å²) in [6, 6.07) is 17.5. The van der Waals surface area contributed by atoms with Gasteiger partial charge in [-0.3, -0.25) is 14.7 Å². The van der Waals surface area contributed by atoms with Crippen molar-refractivity contribution in [2.24, 2.45) is 4.99 Å². The van der Waals surface area contributed by atoms with Crippen LogP contribution in [0.5, 0.6) is 5.75 Å². The van der Waals surface area contributed by atoms with Gasteiger partial charge in [-0.15, -0.1) is 0 Å². The van der Waals surface area contributed by atoms with Crippen molar-refractivity contribution in [3.8, 4) is 17.0 Å². The maximum atomic E-state index is 15.2. The van der Waals surface area contributed by atoms with E-state index in [0.29, 0.717) is 39.3 Å². The molecule has 0 saturated carbocycles. The first-order valence-electron chi connectivity index (χ1n) is 15.4. The van der Waals surface area contributed by atoms with E-state index in [-0.39, 0.29) is 18.0 Å². The molecule has 0 radical (unpaired) electrons. The van der Waals surface area contributed by atoms with Crippen LogP contribution in [0.3, 0.4) is 0 Å². The van der Waals surface area contributed by atoms with Crippen molar-refractivity contribution in [2.75, 3.05) is 65.8 Å². The maximum Gasteiger partial charge on any atom is 0.253 e. The van der Waals surface area contributed by atoms with Crippen LogP contribution in [0.1, 0.15) is 33.5 Å². The van der Waals surface area contributed by atoms with Crippen LogP contribution in [0.25, 0.3) is 11.3 Å². The molecule has 0 atom stereocenters. The average Bonchev–Trinajstić information content (AvgIpc) is 3.21. The van der Waals surface area contributed by atoms with Gasteiger partial charge in [0.2, 0.25) is 5.95 Å². The van der Waals surface area contributed by atoms with Crippen LogP contribution in [-0.4, -0.2) is 96.8 Å². The number of aliphatic imine (C=N–C) groups is 1. The molecule has 3 aromatic carbocycles. The van der Waals surface area contributed by atoms with Gasteiger partial charge in [0.15, 0.2) is 0 Å². The predicted octanol–water partition coefficient (Wildman–Crippen LogP) is 5.75. The smallest absolute Gasteiger partial charge is 0.253 e. The van der Waals surface area contributed by atoms with Gasteiger partial charge in [-0.2, -0.15) is 0 Å². The maximum absolute atomic E-state index is 15.2. The molecule has 1 fully saturated rings. The number of nitrogens with one attached hydrogen (secondary N) is 1. The second kappa shape index (κ2) is 13.9. The molecule has 1 aromatic heterocycles. The van der Waals surface area contributed by atoms with E-state index in [2.05, 4.69) is 34.2 Å². The topological polar surface area (TPSA) is 86.2 Å². The van der Waals surface area contributed by atoms with E-state index in [1.165, 1.54) is 13.2 Å². The standard InChI is InChI=1S/C35H37ClFN7O2/c1-42(2)14-5-15-43-16-18-44(19-17-43)34(45)23-8-11-26(12-9-23)40-35-39-22-24-21-38-33(31-29(37)6-4-7-30(31)46-3)28-20-25(36)10-13-27(28)32(24)41-35/h4,6-13,20,22H,5,14-19,21H2,1-3H3,(H,39,40,41). The van der Waals surface area contributed by atoms with Gasteiger partial charge in [0.05, 0.1) is 30.6 Å². The second-order valence-electron chi connectivity index (χ2n) is 11.7. The first-order valence-corrected chi connectivity index (χ1v) is 15.8. The lowest BCUT2D eigenvalue weighted by Crippen LogP contribution is -2.49. The highest BCUT2D eigenvalue weighted by Gasteiger charge is 2.26. The average molecular weight is 642 g/mol. The zero-order valence-corrected chi connectivity index (χ0v) is 27.0. The van der Waals surface area contributed by atoms with Crippen LogP contribution in [0.2, 0.25) is 5.02 Å². The van der Waals surface area contributed by atoms with Gasteiger partial charge in [0.25, 0.3) is 5.91 Å². The Kier molecular flexibility index (Phi) is 9.58. The fourth-order valence-corrected chi connectivity index (χ4v) is 6.07. The number of aromatic nitrogens is 2. The second-order valence-corrected chi connectivity index (χ2v) is 12.2. The summed E-state index contributed by atoms with van der Waals surface area (Å²) < 4.78 is 20.7. The number of ether oxygens (including phenoxy) is 1. The third kappa shape index (κ3) is 6.89. The van der Waals surface area contributed by atoms with Crippen LogP contribution in [0.15, 0.2) is 71.9 Å². The van der Waals surface area contributed by atoms with E-state index in [1.807, 2.05) is 35.2 Å². The monoisotopic (exact) mass is 641 g/mol. The Balaban J connectivity index is 1.18. The van der Waals surface area contributed by atoms with E-state index in [0.717, 1.165) is 62.5 Å². The van der Waals surface area contributed by atoms with E-state index in [1.54, 1.807) is 30.5 Å². The number of rotatable bonds is 9. The molecule has 1 saturated heterocycles. The molecule has 6 rings (SSSR count). The first kappa shape index (κ1) is 31.6. The minimum absolute atomic E-state index is 0.0401. The minimum Gasteiger partial charge on any atom is -0.496 e. The van der Waals surface area contributed by atoms with Crippen molar-refractivity contribution in [1.82, 2.24) is 24.7 Å². The zero-order valence-electron chi connectivity index (χ0n) is 26.3. The van der Waals surface area contributed by atoms with Crippen molar-refractivity contribution in [3.05, 3.63) is 100.0 Å². The number of carbonyl (C=O) groups excluding carboxylic acids is 1. The zero-order chi connectivity index (χ0) is 32.2. The van der Waals surface area contributed by atoms with Gasteiger partial charge in [-0.25, -0.2) is 14.4 Å². The number of methoxy groups -OCH3 is 1. The Hall–Kier alpha value is -4.38. The number of amides is 1. The summed E-state index contributed by atoms with van der Waals surface area (Å²) >= 11 is 6.42. The molecule has 3 heterocycles. The number of nitrogens with zero attached hydrogens (tertiary/aromatic N) is 6. The number of hydrogen-bond acceptors (Lipinski definition) is 8. The molecular weight excluding hydrogens is 605 g/mol. The molecule has 4 aromatic rings. The van der Waals surface area contributed by atoms with E-state index >= 15 is 4.39 Å². The van der Waals surface area contributed by atoms with Gasteiger partial charge in [0, 0.05) is 65.3 Å². The first-order chi connectivity index (χ1) is 22.3. The van der Waals surface area contributed by atoms with E-state index in [9.17, 15) is 4.79 Å². The van der Waals surface area contributed by atoms with Crippen LogP contribution in [0.4, 0.5) is 16.0 Å². The van der Waals surface area contributed by atoms with Gasteiger partial charge < -0.3 is 19.9 Å². The summed E-state index contributed by atoms with van der Waals surface area (Å²) in [7, 11) is 5.69. The number of piperazine rings is 1. The highest BCUT2D eigenvalue weighted by Crippen LogP contribution is 2.36. The molecule has 0 aliphatic carbocycles. The summed E-state index contributed by atoms with van der Waals surface area (Å²) in [5.74, 6) is 0.362. The van der Waals surface area contributed by atoms with Crippen molar-refractivity contribution in [1.29, 1.82) is 0 Å². The molecule has 2 aliphatic heterocycles. The Morgan fingerprint density at radius 2 is 1.83 bits per heavy atom. The Morgan fingerprint density at radius 3 is 2.57 bits per heavy atom. The van der Waals surface area contributed by atoms with Crippen LogP contribution < -0.4 is 10.1 Å². The Bertz CT molecular complexity index is 1750. The number of fused-ring (bicyclic) bond motifs is 3. The largest absolute Gasteiger partial charge is 0.496 e. The van der Waals surface area contributed by atoms with Crippen molar-refractivity contribution in [3.63, 3.8) is 0 Å². The molecule has 238 valence electrons.